The van der Waals surface area contributed by atoms with Gasteiger partial charge < -0.3 is 19.7 Å². The highest BCUT2D eigenvalue weighted by Gasteiger charge is 2.35. The molecule has 168 valence electrons. The SMILES string of the molecule is CN(C(=O)[C@H](CC1CC1)OC(=O)NCc1ccccc1)[C@H](C#N)COCc1ccccc1. The van der Waals surface area contributed by atoms with Crippen molar-refractivity contribution in [1.29, 1.82) is 5.26 Å². The highest BCUT2D eigenvalue weighted by molar-refractivity contribution is 5.84. The summed E-state index contributed by atoms with van der Waals surface area (Å²) in [6.07, 6.45) is 0.933. The molecule has 0 bridgehead atoms. The molecule has 0 unspecified atom stereocenters. The summed E-state index contributed by atoms with van der Waals surface area (Å²) in [4.78, 5) is 26.7. The summed E-state index contributed by atoms with van der Waals surface area (Å²) >= 11 is 0. The summed E-state index contributed by atoms with van der Waals surface area (Å²) < 4.78 is 11.1. The van der Waals surface area contributed by atoms with Crippen LogP contribution < -0.4 is 5.32 Å². The van der Waals surface area contributed by atoms with Crippen molar-refractivity contribution in [2.75, 3.05) is 13.7 Å². The van der Waals surface area contributed by atoms with E-state index < -0.39 is 18.2 Å². The second-order valence-corrected chi connectivity index (χ2v) is 8.01. The Morgan fingerprint density at radius 1 is 1.09 bits per heavy atom. The van der Waals surface area contributed by atoms with Gasteiger partial charge in [-0.15, -0.1) is 0 Å². The van der Waals surface area contributed by atoms with Crippen molar-refractivity contribution < 1.29 is 19.1 Å². The molecular formula is C25H29N3O4. The van der Waals surface area contributed by atoms with E-state index in [1.54, 1.807) is 7.05 Å². The van der Waals surface area contributed by atoms with Gasteiger partial charge in [0.05, 0.1) is 19.3 Å². The predicted octanol–water partition coefficient (Wildman–Crippen LogP) is 3.65. The fraction of sp³-hybridized carbons (Fsp3) is 0.400. The standard InChI is InChI=1S/C25H29N3O4/c1-28(22(15-26)18-31-17-21-10-6-3-7-11-21)24(29)23(14-19-12-13-19)32-25(30)27-16-20-8-4-2-5-9-20/h2-11,19,22-23H,12-14,16-18H2,1H3,(H,27,30)/t22-,23+/m1/s1. The summed E-state index contributed by atoms with van der Waals surface area (Å²) in [5, 5.41) is 12.3. The van der Waals surface area contributed by atoms with E-state index in [0.717, 1.165) is 24.0 Å². The van der Waals surface area contributed by atoms with Gasteiger partial charge in [0.25, 0.3) is 5.91 Å². The second-order valence-electron chi connectivity index (χ2n) is 8.01. The van der Waals surface area contributed by atoms with Gasteiger partial charge in [-0.05, 0) is 23.5 Å². The summed E-state index contributed by atoms with van der Waals surface area (Å²) in [5.74, 6) is -0.0178. The fourth-order valence-electron chi connectivity index (χ4n) is 3.28. The third-order valence-electron chi connectivity index (χ3n) is 5.40. The van der Waals surface area contributed by atoms with E-state index in [4.69, 9.17) is 9.47 Å². The Hall–Kier alpha value is -3.37. The highest BCUT2D eigenvalue weighted by atomic mass is 16.6. The molecule has 0 radical (unpaired) electrons. The Kier molecular flexibility index (Phi) is 8.64. The smallest absolute Gasteiger partial charge is 0.408 e. The van der Waals surface area contributed by atoms with Crippen LogP contribution in [0.15, 0.2) is 60.7 Å². The molecule has 7 nitrogen and oxygen atoms in total. The van der Waals surface area contributed by atoms with E-state index in [2.05, 4.69) is 11.4 Å². The maximum atomic E-state index is 13.1. The first kappa shape index (κ1) is 23.3. The molecule has 0 aromatic heterocycles. The summed E-state index contributed by atoms with van der Waals surface area (Å²) in [6.45, 7) is 0.739. The molecule has 2 atom stereocenters. The maximum Gasteiger partial charge on any atom is 0.408 e. The number of rotatable bonds is 11. The number of nitrogens with zero attached hydrogens (tertiary/aromatic N) is 2. The molecule has 0 saturated heterocycles. The molecule has 0 spiro atoms. The number of nitriles is 1. The van der Waals surface area contributed by atoms with E-state index in [9.17, 15) is 14.9 Å². The van der Waals surface area contributed by atoms with E-state index >= 15 is 0 Å². The summed E-state index contributed by atoms with van der Waals surface area (Å²) in [5.41, 5.74) is 1.93. The molecule has 1 saturated carbocycles. The first-order chi connectivity index (χ1) is 15.6. The van der Waals surface area contributed by atoms with E-state index in [1.165, 1.54) is 4.90 Å². The Morgan fingerprint density at radius 3 is 2.31 bits per heavy atom. The van der Waals surface area contributed by atoms with Gasteiger partial charge >= 0.3 is 6.09 Å². The second kappa shape index (κ2) is 11.9. The predicted molar refractivity (Wildman–Crippen MR) is 119 cm³/mol. The molecule has 2 aromatic rings. The lowest BCUT2D eigenvalue weighted by molar-refractivity contribution is -0.141. The number of hydrogen-bond donors (Lipinski definition) is 1. The fourth-order valence-corrected chi connectivity index (χ4v) is 3.28. The van der Waals surface area contributed by atoms with Crippen molar-refractivity contribution in [1.82, 2.24) is 10.2 Å². The van der Waals surface area contributed by atoms with E-state index in [1.807, 2.05) is 60.7 Å². The third kappa shape index (κ3) is 7.40. The van der Waals surface area contributed by atoms with Gasteiger partial charge in [0.15, 0.2) is 6.10 Å². The molecule has 3 rings (SSSR count). The lowest BCUT2D eigenvalue weighted by Gasteiger charge is -2.27. The van der Waals surface area contributed by atoms with Crippen molar-refractivity contribution >= 4 is 12.0 Å². The van der Waals surface area contributed by atoms with Gasteiger partial charge in [0, 0.05) is 13.6 Å². The van der Waals surface area contributed by atoms with Gasteiger partial charge in [0.1, 0.15) is 6.04 Å². The lowest BCUT2D eigenvalue weighted by atomic mass is 10.1. The Bertz CT molecular complexity index is 910. The van der Waals surface area contributed by atoms with Gasteiger partial charge in [-0.25, -0.2) is 4.79 Å². The number of ether oxygens (including phenoxy) is 2. The van der Waals surface area contributed by atoms with Gasteiger partial charge in [-0.1, -0.05) is 73.5 Å². The van der Waals surface area contributed by atoms with Gasteiger partial charge in [-0.2, -0.15) is 5.26 Å². The molecule has 7 heteroatoms. The number of nitrogens with one attached hydrogen (secondary N) is 1. The van der Waals surface area contributed by atoms with Crippen LogP contribution in [0.1, 0.15) is 30.4 Å². The molecule has 0 aliphatic heterocycles. The molecule has 0 heterocycles. The highest BCUT2D eigenvalue weighted by Crippen LogP contribution is 2.34. The number of likely N-dealkylation sites (N-methyl/N-ethyl adjacent to an activating group) is 1. The zero-order chi connectivity index (χ0) is 22.8. The Morgan fingerprint density at radius 2 is 1.72 bits per heavy atom. The average Bonchev–Trinajstić information content (AvgIpc) is 3.65. The van der Waals surface area contributed by atoms with Crippen molar-refractivity contribution in [3.8, 4) is 6.07 Å². The Labute approximate surface area is 188 Å². The minimum atomic E-state index is -0.923. The number of benzene rings is 2. The minimum Gasteiger partial charge on any atom is -0.436 e. The quantitative estimate of drug-likeness (QED) is 0.582. The lowest BCUT2D eigenvalue weighted by Crippen LogP contribution is -2.47. The van der Waals surface area contributed by atoms with Gasteiger partial charge in [-0.3, -0.25) is 4.79 Å². The molecule has 2 aromatic carbocycles. The minimum absolute atomic E-state index is 0.0734. The maximum absolute atomic E-state index is 13.1. The van der Waals surface area contributed by atoms with Crippen LogP contribution in [0.5, 0.6) is 0 Å². The van der Waals surface area contributed by atoms with Crippen LogP contribution in [0, 0.1) is 17.2 Å². The normalized spacial score (nSPS) is 14.6. The van der Waals surface area contributed by atoms with Crippen molar-refractivity contribution in [2.45, 2.75) is 44.6 Å². The van der Waals surface area contributed by atoms with Crippen LogP contribution in [0.4, 0.5) is 4.79 Å². The number of hydrogen-bond acceptors (Lipinski definition) is 5. The molecular weight excluding hydrogens is 406 g/mol. The number of carbonyl (C=O) groups excluding carboxylic acids is 2. The van der Waals surface area contributed by atoms with Crippen molar-refractivity contribution in [3.63, 3.8) is 0 Å². The van der Waals surface area contributed by atoms with Crippen LogP contribution in [0.25, 0.3) is 0 Å². The van der Waals surface area contributed by atoms with Crippen LogP contribution in [-0.4, -0.2) is 42.7 Å². The molecule has 1 N–H and O–H groups in total. The average molecular weight is 436 g/mol. The largest absolute Gasteiger partial charge is 0.436 e. The van der Waals surface area contributed by atoms with E-state index in [-0.39, 0.29) is 12.5 Å². The topological polar surface area (TPSA) is 91.7 Å². The molecule has 1 aliphatic carbocycles. The Balaban J connectivity index is 1.53. The van der Waals surface area contributed by atoms with Crippen molar-refractivity contribution in [3.05, 3.63) is 71.8 Å². The molecule has 2 amide bonds. The van der Waals surface area contributed by atoms with E-state index in [0.29, 0.717) is 25.5 Å². The molecule has 1 aliphatic rings. The molecule has 32 heavy (non-hydrogen) atoms. The van der Waals surface area contributed by atoms with Crippen LogP contribution in [-0.2, 0) is 27.4 Å². The number of alkyl carbamates (subject to hydrolysis) is 1. The summed E-state index contributed by atoms with van der Waals surface area (Å²) in [7, 11) is 1.55. The van der Waals surface area contributed by atoms with Crippen LogP contribution >= 0.6 is 0 Å². The third-order valence-corrected chi connectivity index (χ3v) is 5.40. The first-order valence-corrected chi connectivity index (χ1v) is 10.8. The monoisotopic (exact) mass is 435 g/mol. The van der Waals surface area contributed by atoms with Gasteiger partial charge in [0.2, 0.25) is 0 Å². The van der Waals surface area contributed by atoms with Crippen LogP contribution in [0.2, 0.25) is 0 Å². The zero-order valence-corrected chi connectivity index (χ0v) is 18.3. The first-order valence-electron chi connectivity index (χ1n) is 10.8. The van der Waals surface area contributed by atoms with Crippen LogP contribution in [0.3, 0.4) is 0 Å². The number of amides is 2. The summed E-state index contributed by atoms with van der Waals surface area (Å²) in [6, 6.07) is 20.4. The zero-order valence-electron chi connectivity index (χ0n) is 18.3. The number of carbonyl (C=O) groups is 2. The molecule has 1 fully saturated rings. The van der Waals surface area contributed by atoms with Crippen molar-refractivity contribution in [2.24, 2.45) is 5.92 Å².